The summed E-state index contributed by atoms with van der Waals surface area (Å²) in [6, 6.07) is 6.23. The standard InChI is InChI=1S/C15H14FN3O2S/c16-10-3-1-9(2-4-10)12-7-22-15-13(12)14(18-8-19-15)17-5-11(21)6-20/h1-4,7-8,11,20-21H,5-6H2,(H,17,18,19)/t11-/m0/s1. The molecule has 0 saturated carbocycles. The smallest absolute Gasteiger partial charge is 0.138 e. The Morgan fingerprint density at radius 1 is 1.23 bits per heavy atom. The first-order chi connectivity index (χ1) is 10.7. The second kappa shape index (κ2) is 6.35. The molecule has 3 aromatic rings. The summed E-state index contributed by atoms with van der Waals surface area (Å²) in [6.45, 7) is -0.142. The molecule has 0 radical (unpaired) electrons. The molecule has 1 atom stereocenters. The van der Waals surface area contributed by atoms with Crippen molar-refractivity contribution in [3.05, 3.63) is 41.8 Å². The van der Waals surface area contributed by atoms with Crippen LogP contribution in [0.15, 0.2) is 36.0 Å². The second-order valence-electron chi connectivity index (χ2n) is 4.78. The molecule has 0 aliphatic rings. The van der Waals surface area contributed by atoms with Crippen LogP contribution >= 0.6 is 11.3 Å². The van der Waals surface area contributed by atoms with Gasteiger partial charge in [-0.2, -0.15) is 0 Å². The van der Waals surface area contributed by atoms with Crippen molar-refractivity contribution >= 4 is 27.4 Å². The summed E-state index contributed by atoms with van der Waals surface area (Å²) >= 11 is 1.47. The second-order valence-corrected chi connectivity index (χ2v) is 5.63. The van der Waals surface area contributed by atoms with E-state index in [1.165, 1.54) is 29.8 Å². The van der Waals surface area contributed by atoms with Crippen molar-refractivity contribution in [1.82, 2.24) is 9.97 Å². The fourth-order valence-corrected chi connectivity index (χ4v) is 3.05. The fraction of sp³-hybridized carbons (Fsp3) is 0.200. The van der Waals surface area contributed by atoms with Gasteiger partial charge in [0.05, 0.1) is 18.1 Å². The monoisotopic (exact) mass is 319 g/mol. The first-order valence-corrected chi connectivity index (χ1v) is 7.58. The van der Waals surface area contributed by atoms with Crippen LogP contribution in [0.2, 0.25) is 0 Å². The number of halogens is 1. The van der Waals surface area contributed by atoms with Gasteiger partial charge in [-0.1, -0.05) is 12.1 Å². The van der Waals surface area contributed by atoms with E-state index >= 15 is 0 Å². The van der Waals surface area contributed by atoms with Crippen molar-refractivity contribution in [2.75, 3.05) is 18.5 Å². The van der Waals surface area contributed by atoms with Gasteiger partial charge in [0.2, 0.25) is 0 Å². The predicted octanol–water partition coefficient (Wildman–Crippen LogP) is 2.26. The first-order valence-electron chi connectivity index (χ1n) is 6.70. The van der Waals surface area contributed by atoms with Crippen LogP contribution in [-0.2, 0) is 0 Å². The molecule has 2 heterocycles. The minimum Gasteiger partial charge on any atom is -0.394 e. The molecule has 0 saturated heterocycles. The van der Waals surface area contributed by atoms with Gasteiger partial charge in [0, 0.05) is 17.5 Å². The van der Waals surface area contributed by atoms with E-state index in [1.807, 2.05) is 5.38 Å². The number of hydrogen-bond acceptors (Lipinski definition) is 6. The van der Waals surface area contributed by atoms with Gasteiger partial charge in [0.25, 0.3) is 0 Å². The van der Waals surface area contributed by atoms with Crippen molar-refractivity contribution in [2.24, 2.45) is 0 Å². The lowest BCUT2D eigenvalue weighted by atomic mass is 10.1. The Bertz CT molecular complexity index is 776. The summed E-state index contributed by atoms with van der Waals surface area (Å²) in [4.78, 5) is 9.24. The van der Waals surface area contributed by atoms with Crippen LogP contribution < -0.4 is 5.32 Å². The fourth-order valence-electron chi connectivity index (χ4n) is 2.13. The maximum absolute atomic E-state index is 13.1. The predicted molar refractivity (Wildman–Crippen MR) is 84.4 cm³/mol. The average molecular weight is 319 g/mol. The molecule has 0 spiro atoms. The summed E-state index contributed by atoms with van der Waals surface area (Å²) < 4.78 is 13.1. The Kier molecular flexibility index (Phi) is 4.28. The molecule has 5 nitrogen and oxygen atoms in total. The molecule has 1 aromatic carbocycles. The van der Waals surface area contributed by atoms with Crippen LogP contribution in [0.1, 0.15) is 0 Å². The number of aromatic nitrogens is 2. The zero-order valence-corrected chi connectivity index (χ0v) is 12.3. The maximum atomic E-state index is 13.1. The zero-order chi connectivity index (χ0) is 15.5. The van der Waals surface area contributed by atoms with E-state index in [-0.39, 0.29) is 19.0 Å². The van der Waals surface area contributed by atoms with Crippen LogP contribution in [0, 0.1) is 5.82 Å². The van der Waals surface area contributed by atoms with Gasteiger partial charge in [0.1, 0.15) is 22.8 Å². The number of benzene rings is 1. The van der Waals surface area contributed by atoms with Gasteiger partial charge in [-0.05, 0) is 17.7 Å². The number of aliphatic hydroxyl groups excluding tert-OH is 2. The lowest BCUT2D eigenvalue weighted by Crippen LogP contribution is -2.23. The Morgan fingerprint density at radius 2 is 2.00 bits per heavy atom. The van der Waals surface area contributed by atoms with E-state index in [1.54, 1.807) is 12.1 Å². The lowest BCUT2D eigenvalue weighted by molar-refractivity contribution is 0.105. The van der Waals surface area contributed by atoms with Gasteiger partial charge < -0.3 is 15.5 Å². The molecular weight excluding hydrogens is 305 g/mol. The van der Waals surface area contributed by atoms with Crippen molar-refractivity contribution in [3.8, 4) is 11.1 Å². The molecule has 7 heteroatoms. The molecule has 0 fully saturated rings. The Balaban J connectivity index is 2.02. The largest absolute Gasteiger partial charge is 0.394 e. The van der Waals surface area contributed by atoms with Crippen LogP contribution in [0.5, 0.6) is 0 Å². The third kappa shape index (κ3) is 2.92. The minimum atomic E-state index is -0.863. The van der Waals surface area contributed by atoms with Crippen molar-refractivity contribution < 1.29 is 14.6 Å². The zero-order valence-electron chi connectivity index (χ0n) is 11.5. The average Bonchev–Trinajstić information content (AvgIpc) is 2.98. The number of hydrogen-bond donors (Lipinski definition) is 3. The van der Waals surface area contributed by atoms with E-state index in [4.69, 9.17) is 5.11 Å². The van der Waals surface area contributed by atoms with Crippen LogP contribution in [0.25, 0.3) is 21.3 Å². The van der Waals surface area contributed by atoms with Crippen LogP contribution in [-0.4, -0.2) is 39.4 Å². The van der Waals surface area contributed by atoms with Crippen molar-refractivity contribution in [1.29, 1.82) is 0 Å². The highest BCUT2D eigenvalue weighted by Gasteiger charge is 2.13. The van der Waals surface area contributed by atoms with Crippen LogP contribution in [0.4, 0.5) is 10.2 Å². The summed E-state index contributed by atoms with van der Waals surface area (Å²) in [7, 11) is 0. The van der Waals surface area contributed by atoms with Gasteiger partial charge >= 0.3 is 0 Å². The normalized spacial score (nSPS) is 12.5. The van der Waals surface area contributed by atoms with Crippen LogP contribution in [0.3, 0.4) is 0 Å². The molecule has 0 aliphatic heterocycles. The molecule has 0 aliphatic carbocycles. The summed E-state index contributed by atoms with van der Waals surface area (Å²) in [5.41, 5.74) is 1.77. The molecule has 114 valence electrons. The Hall–Kier alpha value is -2.09. The topological polar surface area (TPSA) is 78.3 Å². The van der Waals surface area contributed by atoms with Gasteiger partial charge in [-0.3, -0.25) is 0 Å². The third-order valence-electron chi connectivity index (χ3n) is 3.24. The van der Waals surface area contributed by atoms with E-state index in [0.29, 0.717) is 5.82 Å². The summed E-state index contributed by atoms with van der Waals surface area (Å²) in [6.07, 6.45) is 0.582. The van der Waals surface area contributed by atoms with Gasteiger partial charge in [-0.25, -0.2) is 14.4 Å². The van der Waals surface area contributed by atoms with Crippen molar-refractivity contribution in [3.63, 3.8) is 0 Å². The molecule has 0 unspecified atom stereocenters. The first kappa shape index (κ1) is 14.8. The van der Waals surface area contributed by atoms with Gasteiger partial charge in [-0.15, -0.1) is 11.3 Å². The van der Waals surface area contributed by atoms with E-state index in [9.17, 15) is 9.50 Å². The molecule has 2 aromatic heterocycles. The quantitative estimate of drug-likeness (QED) is 0.672. The molecule has 22 heavy (non-hydrogen) atoms. The Morgan fingerprint density at radius 3 is 2.73 bits per heavy atom. The number of fused-ring (bicyclic) bond motifs is 1. The summed E-state index contributed by atoms with van der Waals surface area (Å²) in [5, 5.41) is 24.1. The molecule has 0 bridgehead atoms. The number of thiophene rings is 1. The van der Waals surface area contributed by atoms with Gasteiger partial charge in [0.15, 0.2) is 0 Å². The number of nitrogens with zero attached hydrogens (tertiary/aromatic N) is 2. The minimum absolute atomic E-state index is 0.182. The highest BCUT2D eigenvalue weighted by atomic mass is 32.1. The number of anilines is 1. The van der Waals surface area contributed by atoms with E-state index in [2.05, 4.69) is 15.3 Å². The Labute approximate surface area is 130 Å². The van der Waals surface area contributed by atoms with E-state index < -0.39 is 6.10 Å². The van der Waals surface area contributed by atoms with E-state index in [0.717, 1.165) is 21.3 Å². The lowest BCUT2D eigenvalue weighted by Gasteiger charge is -2.11. The molecule has 0 amide bonds. The van der Waals surface area contributed by atoms with Crippen molar-refractivity contribution in [2.45, 2.75) is 6.10 Å². The highest BCUT2D eigenvalue weighted by Crippen LogP contribution is 2.36. The molecule has 3 rings (SSSR count). The molecule has 3 N–H and O–H groups in total. The number of rotatable bonds is 5. The number of aliphatic hydroxyl groups is 2. The SMILES string of the molecule is OC[C@@H](O)CNc1ncnc2scc(-c3ccc(F)cc3)c12. The highest BCUT2D eigenvalue weighted by molar-refractivity contribution is 7.17. The maximum Gasteiger partial charge on any atom is 0.138 e. The third-order valence-corrected chi connectivity index (χ3v) is 4.13. The summed E-state index contributed by atoms with van der Waals surface area (Å²) in [5.74, 6) is 0.294. The molecular formula is C15H14FN3O2S. The number of nitrogens with one attached hydrogen (secondary N) is 1.